The molecule has 1 rings (SSSR count). The van der Waals surface area contributed by atoms with Crippen LogP contribution in [0.1, 0.15) is 38.4 Å². The van der Waals surface area contributed by atoms with Gasteiger partial charge in [-0.25, -0.2) is 0 Å². The van der Waals surface area contributed by atoms with Crippen molar-refractivity contribution in [3.8, 4) is 0 Å². The minimum Gasteiger partial charge on any atom is -0.161 e. The molecule has 0 bridgehead atoms. The molecule has 4 nitrogen and oxygen atoms in total. The third-order valence-electron chi connectivity index (χ3n) is 1.75. The highest BCUT2D eigenvalue weighted by molar-refractivity contribution is 9.08. The average molecular weight is 233 g/mol. The zero-order valence-electron chi connectivity index (χ0n) is 7.20. The Balaban J connectivity index is 2.20. The van der Waals surface area contributed by atoms with Gasteiger partial charge in [-0.2, -0.15) is 3.71 Å². The molecule has 0 aliphatic rings. The van der Waals surface area contributed by atoms with Crippen LogP contribution in [0.5, 0.6) is 0 Å². The summed E-state index contributed by atoms with van der Waals surface area (Å²) in [6, 6.07) is 0. The van der Waals surface area contributed by atoms with Crippen LogP contribution < -0.4 is 0 Å². The molecule has 0 aliphatic carbocycles. The maximum absolute atomic E-state index is 3.87. The molecule has 1 aromatic heterocycles. The second-order valence-electron chi connectivity index (χ2n) is 2.77. The standard InChI is InChI=1S/C7H13BrN4/c1-2-3-4-5-6-7-9-10-11-12(7)8/h2-6H2,1H3. The van der Waals surface area contributed by atoms with Gasteiger partial charge in [0, 0.05) is 6.42 Å². The van der Waals surface area contributed by atoms with Crippen LogP contribution in [0.15, 0.2) is 0 Å². The fourth-order valence-electron chi connectivity index (χ4n) is 1.05. The zero-order chi connectivity index (χ0) is 8.81. The molecular formula is C7H13BrN4. The summed E-state index contributed by atoms with van der Waals surface area (Å²) >= 11 is 3.22. The number of halogens is 1. The molecule has 0 fully saturated rings. The van der Waals surface area contributed by atoms with Gasteiger partial charge in [0.05, 0.1) is 16.1 Å². The predicted octanol–water partition coefficient (Wildman–Crippen LogP) is 1.95. The van der Waals surface area contributed by atoms with E-state index in [2.05, 4.69) is 38.6 Å². The molecule has 1 aromatic rings. The third kappa shape index (κ3) is 2.89. The number of unbranched alkanes of at least 4 members (excludes halogenated alkanes) is 3. The number of hydrogen-bond acceptors (Lipinski definition) is 3. The highest BCUT2D eigenvalue weighted by atomic mass is 79.9. The van der Waals surface area contributed by atoms with Crippen LogP contribution in [0.2, 0.25) is 0 Å². The number of aryl methyl sites for hydroxylation is 1. The quantitative estimate of drug-likeness (QED) is 0.730. The van der Waals surface area contributed by atoms with Gasteiger partial charge >= 0.3 is 0 Å². The van der Waals surface area contributed by atoms with Crippen molar-refractivity contribution >= 4 is 16.1 Å². The lowest BCUT2D eigenvalue weighted by molar-refractivity contribution is 0.650. The summed E-state index contributed by atoms with van der Waals surface area (Å²) < 4.78 is 1.55. The lowest BCUT2D eigenvalue weighted by Gasteiger charge is -1.96. The molecule has 68 valence electrons. The van der Waals surface area contributed by atoms with Gasteiger partial charge < -0.3 is 0 Å². The molecule has 12 heavy (non-hydrogen) atoms. The van der Waals surface area contributed by atoms with Gasteiger partial charge in [-0.05, 0) is 16.8 Å². The van der Waals surface area contributed by atoms with Crippen LogP contribution in [0.25, 0.3) is 0 Å². The first-order valence-corrected chi connectivity index (χ1v) is 4.99. The van der Waals surface area contributed by atoms with Gasteiger partial charge in [-0.3, -0.25) is 0 Å². The Morgan fingerprint density at radius 3 is 2.75 bits per heavy atom. The lowest BCUT2D eigenvalue weighted by Crippen LogP contribution is -1.94. The molecule has 0 amide bonds. The Hall–Kier alpha value is -0.450. The van der Waals surface area contributed by atoms with E-state index in [1.54, 1.807) is 3.71 Å². The van der Waals surface area contributed by atoms with E-state index in [0.29, 0.717) is 0 Å². The Morgan fingerprint density at radius 1 is 1.33 bits per heavy atom. The van der Waals surface area contributed by atoms with Crippen LogP contribution in [0.3, 0.4) is 0 Å². The highest BCUT2D eigenvalue weighted by Crippen LogP contribution is 2.05. The molecule has 0 atom stereocenters. The summed E-state index contributed by atoms with van der Waals surface area (Å²) in [5.74, 6) is 0.908. The second kappa shape index (κ2) is 5.24. The van der Waals surface area contributed by atoms with Crippen molar-refractivity contribution < 1.29 is 0 Å². The van der Waals surface area contributed by atoms with Crippen LogP contribution in [0, 0.1) is 0 Å². The third-order valence-corrected chi connectivity index (χ3v) is 2.30. The maximum Gasteiger partial charge on any atom is 0.163 e. The molecule has 0 spiro atoms. The van der Waals surface area contributed by atoms with Gasteiger partial charge in [-0.1, -0.05) is 26.2 Å². The zero-order valence-corrected chi connectivity index (χ0v) is 8.79. The van der Waals surface area contributed by atoms with Crippen molar-refractivity contribution in [2.24, 2.45) is 0 Å². The van der Waals surface area contributed by atoms with E-state index in [-0.39, 0.29) is 0 Å². The largest absolute Gasteiger partial charge is 0.163 e. The molecule has 1 heterocycles. The van der Waals surface area contributed by atoms with Crippen molar-refractivity contribution in [1.82, 2.24) is 19.2 Å². The maximum atomic E-state index is 3.87. The summed E-state index contributed by atoms with van der Waals surface area (Å²) in [4.78, 5) is 0. The van der Waals surface area contributed by atoms with Gasteiger partial charge in [-0.15, -0.1) is 5.10 Å². The summed E-state index contributed by atoms with van der Waals surface area (Å²) in [6.07, 6.45) is 5.94. The number of hydrogen-bond donors (Lipinski definition) is 0. The molecule has 0 saturated heterocycles. The fraction of sp³-hybridized carbons (Fsp3) is 0.857. The van der Waals surface area contributed by atoms with E-state index in [1.807, 2.05) is 0 Å². The van der Waals surface area contributed by atoms with E-state index in [1.165, 1.54) is 25.7 Å². The molecule has 0 saturated carbocycles. The van der Waals surface area contributed by atoms with Gasteiger partial charge in [0.25, 0.3) is 0 Å². The number of aromatic nitrogens is 4. The SMILES string of the molecule is CCCCCCc1nnnn1Br. The monoisotopic (exact) mass is 232 g/mol. The highest BCUT2D eigenvalue weighted by Gasteiger charge is 2.01. The van der Waals surface area contributed by atoms with E-state index in [4.69, 9.17) is 0 Å². The van der Waals surface area contributed by atoms with Gasteiger partial charge in [0.1, 0.15) is 0 Å². The molecule has 5 heteroatoms. The molecule has 0 N–H and O–H groups in total. The molecular weight excluding hydrogens is 220 g/mol. The van der Waals surface area contributed by atoms with Crippen molar-refractivity contribution in [3.63, 3.8) is 0 Å². The first-order chi connectivity index (χ1) is 5.84. The number of rotatable bonds is 5. The molecule has 0 radical (unpaired) electrons. The van der Waals surface area contributed by atoms with Gasteiger partial charge in [0.2, 0.25) is 0 Å². The molecule has 0 aromatic carbocycles. The van der Waals surface area contributed by atoms with Crippen molar-refractivity contribution in [1.29, 1.82) is 0 Å². The fourth-order valence-corrected chi connectivity index (χ4v) is 1.36. The van der Waals surface area contributed by atoms with E-state index < -0.39 is 0 Å². The summed E-state index contributed by atoms with van der Waals surface area (Å²) in [5, 5.41) is 11.1. The van der Waals surface area contributed by atoms with Crippen molar-refractivity contribution in [3.05, 3.63) is 5.82 Å². The van der Waals surface area contributed by atoms with Gasteiger partial charge in [0.15, 0.2) is 5.82 Å². The lowest BCUT2D eigenvalue weighted by atomic mass is 10.1. The predicted molar refractivity (Wildman–Crippen MR) is 50.0 cm³/mol. The van der Waals surface area contributed by atoms with E-state index in [9.17, 15) is 0 Å². The Labute approximate surface area is 80.7 Å². The average Bonchev–Trinajstić information content (AvgIpc) is 2.46. The van der Waals surface area contributed by atoms with Crippen molar-refractivity contribution in [2.45, 2.75) is 39.0 Å². The summed E-state index contributed by atoms with van der Waals surface area (Å²) in [5.41, 5.74) is 0. The van der Waals surface area contributed by atoms with E-state index >= 15 is 0 Å². The topological polar surface area (TPSA) is 43.6 Å². The molecule has 0 aliphatic heterocycles. The molecule has 0 unspecified atom stereocenters. The second-order valence-corrected chi connectivity index (χ2v) is 3.44. The van der Waals surface area contributed by atoms with E-state index in [0.717, 1.165) is 12.2 Å². The number of nitrogens with zero attached hydrogens (tertiary/aromatic N) is 4. The minimum absolute atomic E-state index is 0.908. The number of tetrazole rings is 1. The van der Waals surface area contributed by atoms with Crippen LogP contribution in [0.4, 0.5) is 0 Å². The van der Waals surface area contributed by atoms with Crippen LogP contribution in [-0.4, -0.2) is 19.2 Å². The first kappa shape index (κ1) is 9.64. The van der Waals surface area contributed by atoms with Crippen LogP contribution >= 0.6 is 16.1 Å². The Bertz CT molecular complexity index is 223. The summed E-state index contributed by atoms with van der Waals surface area (Å²) in [6.45, 7) is 2.20. The Morgan fingerprint density at radius 2 is 2.17 bits per heavy atom. The van der Waals surface area contributed by atoms with Crippen molar-refractivity contribution in [2.75, 3.05) is 0 Å². The normalized spacial score (nSPS) is 10.5. The Kier molecular flexibility index (Phi) is 4.21. The smallest absolute Gasteiger partial charge is 0.161 e. The minimum atomic E-state index is 0.908. The first-order valence-electron chi connectivity index (χ1n) is 4.28. The summed E-state index contributed by atoms with van der Waals surface area (Å²) in [7, 11) is 0. The van der Waals surface area contributed by atoms with Crippen LogP contribution in [-0.2, 0) is 6.42 Å².